The Bertz CT molecular complexity index is 559. The third kappa shape index (κ3) is 2.67. The number of carbonyl (C=O) groups excluding carboxylic acids is 1. The van der Waals surface area contributed by atoms with Gasteiger partial charge in [0.25, 0.3) is 0 Å². The fourth-order valence-corrected chi connectivity index (χ4v) is 3.26. The molecule has 0 bridgehead atoms. The standard InChI is InChI=1S/C13H14BrNO2S/c1-3-17-13(16)12-9(2)4-6-15(12)8-11-10(14)5-7-18-11/h4-7H,3,8H2,1-2H3. The quantitative estimate of drug-likeness (QED) is 0.799. The van der Waals surface area contributed by atoms with Gasteiger partial charge in [0.15, 0.2) is 0 Å². The van der Waals surface area contributed by atoms with Crippen LogP contribution in [0.4, 0.5) is 0 Å². The van der Waals surface area contributed by atoms with Crippen molar-refractivity contribution in [3.05, 3.63) is 44.3 Å². The van der Waals surface area contributed by atoms with Crippen LogP contribution in [-0.4, -0.2) is 17.1 Å². The Morgan fingerprint density at radius 2 is 2.28 bits per heavy atom. The first-order chi connectivity index (χ1) is 8.63. The molecule has 0 N–H and O–H groups in total. The summed E-state index contributed by atoms with van der Waals surface area (Å²) in [6, 6.07) is 3.95. The summed E-state index contributed by atoms with van der Waals surface area (Å²) in [6.07, 6.45) is 1.92. The Morgan fingerprint density at radius 1 is 1.50 bits per heavy atom. The van der Waals surface area contributed by atoms with Gasteiger partial charge in [-0.1, -0.05) is 0 Å². The number of aryl methyl sites for hydroxylation is 1. The summed E-state index contributed by atoms with van der Waals surface area (Å²) in [5.74, 6) is -0.257. The molecule has 0 fully saturated rings. The van der Waals surface area contributed by atoms with Gasteiger partial charge in [0, 0.05) is 15.5 Å². The number of ether oxygens (including phenoxy) is 1. The van der Waals surface area contributed by atoms with E-state index in [0.29, 0.717) is 18.8 Å². The molecule has 0 aliphatic heterocycles. The van der Waals surface area contributed by atoms with Crippen LogP contribution in [-0.2, 0) is 11.3 Å². The second kappa shape index (κ2) is 5.71. The Balaban J connectivity index is 2.29. The van der Waals surface area contributed by atoms with Gasteiger partial charge in [0.2, 0.25) is 0 Å². The molecule has 2 aromatic rings. The minimum atomic E-state index is -0.257. The Kier molecular flexibility index (Phi) is 4.24. The van der Waals surface area contributed by atoms with E-state index in [1.165, 1.54) is 4.88 Å². The van der Waals surface area contributed by atoms with Gasteiger partial charge >= 0.3 is 5.97 Å². The molecule has 0 aliphatic rings. The van der Waals surface area contributed by atoms with Crippen LogP contribution in [0.5, 0.6) is 0 Å². The van der Waals surface area contributed by atoms with Crippen LogP contribution in [0, 0.1) is 6.92 Å². The SMILES string of the molecule is CCOC(=O)c1c(C)ccn1Cc1sccc1Br. The van der Waals surface area contributed by atoms with E-state index in [4.69, 9.17) is 4.74 Å². The maximum atomic E-state index is 11.9. The average Bonchev–Trinajstić information content (AvgIpc) is 2.88. The summed E-state index contributed by atoms with van der Waals surface area (Å²) in [6.45, 7) is 4.81. The number of aromatic nitrogens is 1. The van der Waals surface area contributed by atoms with Gasteiger partial charge in [0.05, 0.1) is 13.2 Å². The van der Waals surface area contributed by atoms with Crippen molar-refractivity contribution in [3.63, 3.8) is 0 Å². The molecule has 5 heteroatoms. The highest BCUT2D eigenvalue weighted by atomic mass is 79.9. The van der Waals surface area contributed by atoms with Gasteiger partial charge in [-0.3, -0.25) is 0 Å². The van der Waals surface area contributed by atoms with Gasteiger partial charge in [-0.15, -0.1) is 11.3 Å². The van der Waals surface area contributed by atoms with Crippen molar-refractivity contribution in [2.75, 3.05) is 6.61 Å². The first-order valence-corrected chi connectivity index (χ1v) is 7.35. The van der Waals surface area contributed by atoms with Crippen LogP contribution in [0.2, 0.25) is 0 Å². The average molecular weight is 328 g/mol. The molecule has 0 spiro atoms. The minimum Gasteiger partial charge on any atom is -0.461 e. The van der Waals surface area contributed by atoms with E-state index < -0.39 is 0 Å². The van der Waals surface area contributed by atoms with Crippen molar-refractivity contribution in [1.82, 2.24) is 4.57 Å². The second-order valence-corrected chi connectivity index (χ2v) is 5.74. The fourth-order valence-electron chi connectivity index (χ4n) is 1.78. The van der Waals surface area contributed by atoms with Gasteiger partial charge in [-0.05, 0) is 52.9 Å². The van der Waals surface area contributed by atoms with Gasteiger partial charge in [0.1, 0.15) is 5.69 Å². The number of hydrogen-bond acceptors (Lipinski definition) is 3. The van der Waals surface area contributed by atoms with E-state index >= 15 is 0 Å². The van der Waals surface area contributed by atoms with Crippen molar-refractivity contribution >= 4 is 33.2 Å². The van der Waals surface area contributed by atoms with Crippen LogP contribution < -0.4 is 0 Å². The largest absolute Gasteiger partial charge is 0.461 e. The Morgan fingerprint density at radius 3 is 2.89 bits per heavy atom. The maximum Gasteiger partial charge on any atom is 0.355 e. The summed E-state index contributed by atoms with van der Waals surface area (Å²) >= 11 is 5.17. The summed E-state index contributed by atoms with van der Waals surface area (Å²) in [7, 11) is 0. The molecule has 0 saturated heterocycles. The highest BCUT2D eigenvalue weighted by Gasteiger charge is 2.16. The molecule has 0 aromatic carbocycles. The molecule has 18 heavy (non-hydrogen) atoms. The normalized spacial score (nSPS) is 10.6. The van der Waals surface area contributed by atoms with Crippen molar-refractivity contribution in [2.45, 2.75) is 20.4 Å². The van der Waals surface area contributed by atoms with E-state index in [1.807, 2.05) is 42.1 Å². The van der Waals surface area contributed by atoms with Crippen molar-refractivity contribution < 1.29 is 9.53 Å². The molecule has 0 atom stereocenters. The van der Waals surface area contributed by atoms with Crippen molar-refractivity contribution in [2.24, 2.45) is 0 Å². The summed E-state index contributed by atoms with van der Waals surface area (Å²) in [5, 5.41) is 2.03. The zero-order valence-electron chi connectivity index (χ0n) is 10.3. The van der Waals surface area contributed by atoms with Crippen LogP contribution >= 0.6 is 27.3 Å². The van der Waals surface area contributed by atoms with Crippen molar-refractivity contribution in [1.29, 1.82) is 0 Å². The van der Waals surface area contributed by atoms with Crippen molar-refractivity contribution in [3.8, 4) is 0 Å². The molecule has 96 valence electrons. The molecular formula is C13H14BrNO2S. The predicted octanol–water partition coefficient (Wildman–Crippen LogP) is 3.85. The smallest absolute Gasteiger partial charge is 0.355 e. The van der Waals surface area contributed by atoms with E-state index in [0.717, 1.165) is 10.0 Å². The first kappa shape index (κ1) is 13.4. The molecule has 0 amide bonds. The van der Waals surface area contributed by atoms with E-state index in [1.54, 1.807) is 11.3 Å². The molecule has 2 rings (SSSR count). The number of carbonyl (C=O) groups is 1. The first-order valence-electron chi connectivity index (χ1n) is 5.68. The second-order valence-electron chi connectivity index (χ2n) is 3.89. The van der Waals surface area contributed by atoms with E-state index in [9.17, 15) is 4.79 Å². The minimum absolute atomic E-state index is 0.257. The lowest BCUT2D eigenvalue weighted by Gasteiger charge is -2.09. The zero-order chi connectivity index (χ0) is 13.1. The highest BCUT2D eigenvalue weighted by molar-refractivity contribution is 9.10. The number of halogens is 1. The van der Waals surface area contributed by atoms with Gasteiger partial charge in [-0.25, -0.2) is 4.79 Å². The molecule has 0 aliphatic carbocycles. The number of hydrogen-bond donors (Lipinski definition) is 0. The van der Waals surface area contributed by atoms with Gasteiger partial charge in [-0.2, -0.15) is 0 Å². The van der Waals surface area contributed by atoms with Crippen LogP contribution in [0.1, 0.15) is 27.9 Å². The molecule has 2 aromatic heterocycles. The lowest BCUT2D eigenvalue weighted by atomic mass is 10.3. The highest BCUT2D eigenvalue weighted by Crippen LogP contribution is 2.25. The Hall–Kier alpha value is -1.07. The van der Waals surface area contributed by atoms with E-state index in [-0.39, 0.29) is 5.97 Å². The number of esters is 1. The molecule has 3 nitrogen and oxygen atoms in total. The molecule has 0 radical (unpaired) electrons. The maximum absolute atomic E-state index is 11.9. The molecule has 0 saturated carbocycles. The van der Waals surface area contributed by atoms with Crippen LogP contribution in [0.3, 0.4) is 0 Å². The molecule has 0 unspecified atom stereocenters. The summed E-state index contributed by atoms with van der Waals surface area (Å²) < 4.78 is 8.10. The third-order valence-electron chi connectivity index (χ3n) is 2.64. The van der Waals surface area contributed by atoms with Crippen LogP contribution in [0.15, 0.2) is 28.2 Å². The summed E-state index contributed by atoms with van der Waals surface area (Å²) in [5.41, 5.74) is 1.58. The van der Waals surface area contributed by atoms with E-state index in [2.05, 4.69) is 15.9 Å². The predicted molar refractivity (Wildman–Crippen MR) is 76.2 cm³/mol. The number of nitrogens with zero attached hydrogens (tertiary/aromatic N) is 1. The lowest BCUT2D eigenvalue weighted by Crippen LogP contribution is -2.13. The topological polar surface area (TPSA) is 31.2 Å². The Labute approximate surface area is 119 Å². The molecule has 2 heterocycles. The van der Waals surface area contributed by atoms with Crippen LogP contribution in [0.25, 0.3) is 0 Å². The summed E-state index contributed by atoms with van der Waals surface area (Å²) in [4.78, 5) is 13.1. The number of rotatable bonds is 4. The van der Waals surface area contributed by atoms with Gasteiger partial charge < -0.3 is 9.30 Å². The zero-order valence-corrected chi connectivity index (χ0v) is 12.7. The monoisotopic (exact) mass is 327 g/mol. The third-order valence-corrected chi connectivity index (χ3v) is 4.55. The lowest BCUT2D eigenvalue weighted by molar-refractivity contribution is 0.0513. The number of thiophene rings is 1. The fraction of sp³-hybridized carbons (Fsp3) is 0.308. The molecular weight excluding hydrogens is 314 g/mol.